The minimum Gasteiger partial charge on any atom is -0.481 e. The first kappa shape index (κ1) is 31.7. The summed E-state index contributed by atoms with van der Waals surface area (Å²) in [5, 5.41) is 37.4. The van der Waals surface area contributed by atoms with Gasteiger partial charge in [-0.05, 0) is 38.2 Å². The van der Waals surface area contributed by atoms with Gasteiger partial charge in [-0.15, -0.1) is 0 Å². The molecular weight excluding hydrogens is 559 g/mol. The second-order valence-electron chi connectivity index (χ2n) is 9.86. The molecular formula is C24H30F3N5O9. The summed E-state index contributed by atoms with van der Waals surface area (Å²) in [5.41, 5.74) is -3.26. The average molecular weight is 590 g/mol. The maximum absolute atomic E-state index is 13.4. The van der Waals surface area contributed by atoms with Gasteiger partial charge in [-0.2, -0.15) is 27.8 Å². The summed E-state index contributed by atoms with van der Waals surface area (Å²) in [7, 11) is 0. The lowest BCUT2D eigenvalue weighted by Gasteiger charge is -2.33. The number of carbonyl (C=O) groups is 4. The fraction of sp³-hybridized carbons (Fsp3) is 0.625. The molecule has 226 valence electrons. The number of halogens is 3. The average Bonchev–Trinajstić information content (AvgIpc) is 3.36. The topological polar surface area (TPSA) is 205 Å². The number of hydrogen-bond donors (Lipinski definition) is 4. The summed E-state index contributed by atoms with van der Waals surface area (Å²) in [6.07, 6.45) is -1.21. The first-order chi connectivity index (χ1) is 19.2. The monoisotopic (exact) mass is 589 g/mol. The molecule has 2 fully saturated rings. The Kier molecular flexibility index (Phi) is 10.2. The van der Waals surface area contributed by atoms with Crippen LogP contribution in [0.5, 0.6) is 0 Å². The van der Waals surface area contributed by atoms with Crippen molar-refractivity contribution in [3.05, 3.63) is 23.8 Å². The largest absolute Gasteiger partial charge is 0.481 e. The van der Waals surface area contributed by atoms with Crippen molar-refractivity contribution < 1.29 is 57.5 Å². The van der Waals surface area contributed by atoms with Gasteiger partial charge in [0.2, 0.25) is 5.91 Å². The summed E-state index contributed by atoms with van der Waals surface area (Å²) < 4.78 is 46.4. The SMILES string of the molecule is O=C(CC1CCCCO1)N1CCC(c2cc(C(F)(F)F)n3ncnc3n2)CC1.O=C(O)CC(O)(CC(=O)O)C(=O)O. The second-order valence-corrected chi connectivity index (χ2v) is 9.86. The number of nitrogens with zero attached hydrogens (tertiary/aromatic N) is 5. The van der Waals surface area contributed by atoms with Crippen molar-refractivity contribution in [1.82, 2.24) is 24.5 Å². The van der Waals surface area contributed by atoms with Crippen LogP contribution in [0, 0.1) is 0 Å². The van der Waals surface area contributed by atoms with E-state index in [0.717, 1.165) is 31.7 Å². The highest BCUT2D eigenvalue weighted by Gasteiger charge is 2.41. The van der Waals surface area contributed by atoms with Crippen LogP contribution in [0.25, 0.3) is 5.78 Å². The van der Waals surface area contributed by atoms with Crippen LogP contribution in [0.2, 0.25) is 0 Å². The molecule has 0 bridgehead atoms. The summed E-state index contributed by atoms with van der Waals surface area (Å²) >= 11 is 0. The van der Waals surface area contributed by atoms with Gasteiger partial charge >= 0.3 is 24.1 Å². The van der Waals surface area contributed by atoms with E-state index in [1.807, 2.05) is 0 Å². The van der Waals surface area contributed by atoms with E-state index in [2.05, 4.69) is 15.1 Å². The zero-order chi connectivity index (χ0) is 30.4. The Bertz CT molecular complexity index is 1240. The smallest absolute Gasteiger partial charge is 0.433 e. The van der Waals surface area contributed by atoms with Gasteiger partial charge in [-0.25, -0.2) is 9.78 Å². The van der Waals surface area contributed by atoms with Gasteiger partial charge in [0.15, 0.2) is 11.3 Å². The predicted molar refractivity (Wildman–Crippen MR) is 130 cm³/mol. The van der Waals surface area contributed by atoms with Gasteiger partial charge in [0.1, 0.15) is 6.33 Å². The summed E-state index contributed by atoms with van der Waals surface area (Å²) in [6.45, 7) is 1.73. The number of fused-ring (bicyclic) bond motifs is 1. The summed E-state index contributed by atoms with van der Waals surface area (Å²) in [4.78, 5) is 52.8. The highest BCUT2D eigenvalue weighted by Crippen LogP contribution is 2.33. The van der Waals surface area contributed by atoms with Crippen LogP contribution in [0.1, 0.15) is 68.7 Å². The number of aliphatic hydroxyl groups is 1. The molecule has 0 radical (unpaired) electrons. The van der Waals surface area contributed by atoms with Crippen LogP contribution in [0.15, 0.2) is 12.4 Å². The fourth-order valence-electron chi connectivity index (χ4n) is 4.67. The third-order valence-corrected chi connectivity index (χ3v) is 6.79. The van der Waals surface area contributed by atoms with E-state index in [1.165, 1.54) is 0 Å². The van der Waals surface area contributed by atoms with E-state index >= 15 is 0 Å². The van der Waals surface area contributed by atoms with Crippen LogP contribution in [-0.4, -0.2) is 100 Å². The molecule has 4 N–H and O–H groups in total. The van der Waals surface area contributed by atoms with Crippen LogP contribution in [0.4, 0.5) is 13.2 Å². The first-order valence-corrected chi connectivity index (χ1v) is 12.8. The normalized spacial score (nSPS) is 18.4. The Morgan fingerprint density at radius 2 is 1.63 bits per heavy atom. The molecule has 0 spiro atoms. The maximum Gasteiger partial charge on any atom is 0.433 e. The van der Waals surface area contributed by atoms with E-state index in [9.17, 15) is 32.3 Å². The summed E-state index contributed by atoms with van der Waals surface area (Å²) in [6, 6.07) is 1.06. The van der Waals surface area contributed by atoms with E-state index in [0.29, 0.717) is 49.2 Å². The highest BCUT2D eigenvalue weighted by molar-refractivity contribution is 5.88. The molecule has 2 aromatic rings. The first-order valence-electron chi connectivity index (χ1n) is 12.8. The number of piperidine rings is 1. The number of alkyl halides is 3. The van der Waals surface area contributed by atoms with Crippen molar-refractivity contribution in [1.29, 1.82) is 0 Å². The van der Waals surface area contributed by atoms with Crippen molar-refractivity contribution in [2.24, 2.45) is 0 Å². The van der Waals surface area contributed by atoms with Crippen molar-refractivity contribution in [3.63, 3.8) is 0 Å². The maximum atomic E-state index is 13.4. The Hall–Kier alpha value is -3.86. The Morgan fingerprint density at radius 1 is 1.00 bits per heavy atom. The van der Waals surface area contributed by atoms with Crippen LogP contribution < -0.4 is 0 Å². The van der Waals surface area contributed by atoms with E-state index in [1.54, 1.807) is 4.90 Å². The van der Waals surface area contributed by atoms with Gasteiger partial charge in [0, 0.05) is 31.3 Å². The Morgan fingerprint density at radius 3 is 2.15 bits per heavy atom. The van der Waals surface area contributed by atoms with Gasteiger partial charge in [0.25, 0.3) is 5.78 Å². The molecule has 14 nitrogen and oxygen atoms in total. The molecule has 2 saturated heterocycles. The summed E-state index contributed by atoms with van der Waals surface area (Å²) in [5.74, 6) is -5.16. The molecule has 2 aliphatic rings. The van der Waals surface area contributed by atoms with Crippen LogP contribution in [-0.2, 0) is 30.1 Å². The molecule has 0 aliphatic carbocycles. The van der Waals surface area contributed by atoms with Crippen molar-refractivity contribution in [2.45, 2.75) is 75.2 Å². The van der Waals surface area contributed by atoms with E-state index in [4.69, 9.17) is 25.2 Å². The molecule has 2 aromatic heterocycles. The zero-order valence-corrected chi connectivity index (χ0v) is 21.8. The number of carboxylic acids is 3. The number of hydrogen-bond acceptors (Lipinski definition) is 9. The number of amides is 1. The second kappa shape index (κ2) is 13.2. The third-order valence-electron chi connectivity index (χ3n) is 6.79. The lowest BCUT2D eigenvalue weighted by atomic mass is 9.92. The Balaban J connectivity index is 0.000000302. The Labute approximate surface area is 230 Å². The van der Waals surface area contributed by atoms with Crippen molar-refractivity contribution in [2.75, 3.05) is 19.7 Å². The predicted octanol–water partition coefficient (Wildman–Crippen LogP) is 1.56. The number of ether oxygens (including phenoxy) is 1. The third kappa shape index (κ3) is 8.56. The van der Waals surface area contributed by atoms with Gasteiger partial charge in [0.05, 0.1) is 25.4 Å². The fourth-order valence-corrected chi connectivity index (χ4v) is 4.67. The number of rotatable bonds is 8. The number of likely N-dealkylation sites (tertiary alicyclic amines) is 1. The molecule has 1 unspecified atom stereocenters. The number of aliphatic carboxylic acids is 3. The minimum absolute atomic E-state index is 0.00895. The molecule has 0 aromatic carbocycles. The number of aromatic nitrogens is 4. The van der Waals surface area contributed by atoms with Crippen LogP contribution in [0.3, 0.4) is 0 Å². The van der Waals surface area contributed by atoms with Crippen molar-refractivity contribution in [3.8, 4) is 0 Å². The molecule has 41 heavy (non-hydrogen) atoms. The van der Waals surface area contributed by atoms with Crippen LogP contribution >= 0.6 is 0 Å². The molecule has 4 rings (SSSR count). The van der Waals surface area contributed by atoms with Gasteiger partial charge < -0.3 is 30.1 Å². The molecule has 17 heteroatoms. The molecule has 0 saturated carbocycles. The number of carbonyl (C=O) groups excluding carboxylic acids is 1. The zero-order valence-electron chi connectivity index (χ0n) is 21.8. The lowest BCUT2D eigenvalue weighted by Crippen LogP contribution is -2.42. The quantitative estimate of drug-likeness (QED) is 0.346. The van der Waals surface area contributed by atoms with Gasteiger partial charge in [-0.1, -0.05) is 0 Å². The van der Waals surface area contributed by atoms with Gasteiger partial charge in [-0.3, -0.25) is 14.4 Å². The molecule has 1 atom stereocenters. The van der Waals surface area contributed by atoms with E-state index < -0.39 is 48.2 Å². The minimum atomic E-state index is -4.54. The molecule has 1 amide bonds. The standard InChI is InChI=1S/C18H22F3N5O2.C6H8O7/c19-18(20,21)15-10-14(24-17-22-11-23-26(15)17)12-4-6-25(7-5-12)16(27)9-13-3-1-2-8-28-13;7-3(8)1-6(13,5(11)12)2-4(9)10/h10-13H,1-9H2;13H,1-2H2,(H,7,8)(H,9,10)(H,11,12). The highest BCUT2D eigenvalue weighted by atomic mass is 19.4. The van der Waals surface area contributed by atoms with Crippen molar-refractivity contribution >= 4 is 29.6 Å². The molecule has 4 heterocycles. The number of carboxylic acid groups (broad SMARTS) is 3. The lowest BCUT2D eigenvalue weighted by molar-refractivity contribution is -0.170. The van der Waals surface area contributed by atoms with E-state index in [-0.39, 0.29) is 23.7 Å². The molecule has 2 aliphatic heterocycles.